The molecule has 1 aliphatic rings. The number of piperidine rings is 1. The molecule has 0 saturated carbocycles. The molecule has 1 fully saturated rings. The lowest BCUT2D eigenvalue weighted by atomic mass is 9.93. The summed E-state index contributed by atoms with van der Waals surface area (Å²) in [5, 5.41) is 3.24. The van der Waals surface area contributed by atoms with E-state index < -0.39 is 0 Å². The normalized spacial score (nSPS) is 23.2. The average molecular weight is 260 g/mol. The van der Waals surface area contributed by atoms with Crippen molar-refractivity contribution < 1.29 is 4.79 Å². The lowest BCUT2D eigenvalue weighted by Crippen LogP contribution is -2.44. The van der Waals surface area contributed by atoms with Gasteiger partial charge in [0.05, 0.1) is 0 Å². The highest BCUT2D eigenvalue weighted by Crippen LogP contribution is 2.24. The molecule has 19 heavy (non-hydrogen) atoms. The number of anilines is 1. The van der Waals surface area contributed by atoms with Gasteiger partial charge in [0.2, 0.25) is 0 Å². The van der Waals surface area contributed by atoms with Gasteiger partial charge in [0.15, 0.2) is 0 Å². The van der Waals surface area contributed by atoms with Gasteiger partial charge in [0.1, 0.15) is 0 Å². The molecule has 1 N–H and O–H groups in total. The third kappa shape index (κ3) is 3.28. The number of hydrogen-bond acceptors (Lipinski definition) is 2. The summed E-state index contributed by atoms with van der Waals surface area (Å²) in [6, 6.07) is 8.16. The maximum absolute atomic E-state index is 12.5. The number of amides is 1. The zero-order valence-corrected chi connectivity index (χ0v) is 12.1. The van der Waals surface area contributed by atoms with Gasteiger partial charge in [-0.15, -0.1) is 0 Å². The molecule has 3 heteroatoms. The van der Waals surface area contributed by atoms with Crippen molar-refractivity contribution in [3.63, 3.8) is 0 Å². The molecule has 0 aromatic heterocycles. The molecule has 1 aromatic rings. The Kier molecular flexibility index (Phi) is 4.46. The van der Waals surface area contributed by atoms with Crippen LogP contribution >= 0.6 is 0 Å². The smallest absolute Gasteiger partial charge is 0.254 e. The lowest BCUT2D eigenvalue weighted by molar-refractivity contribution is 0.0588. The number of hydrogen-bond donors (Lipinski definition) is 1. The van der Waals surface area contributed by atoms with E-state index in [0.29, 0.717) is 6.04 Å². The average Bonchev–Trinajstić information content (AvgIpc) is 2.39. The number of carbonyl (C=O) groups excluding carboxylic acids is 1. The maximum atomic E-state index is 12.5. The minimum Gasteiger partial charge on any atom is -0.385 e. The first-order chi connectivity index (χ1) is 9.11. The van der Waals surface area contributed by atoms with Crippen LogP contribution in [0.25, 0.3) is 0 Å². The summed E-state index contributed by atoms with van der Waals surface area (Å²) in [7, 11) is 0. The molecule has 1 saturated heterocycles. The van der Waals surface area contributed by atoms with Crippen molar-refractivity contribution in [2.45, 2.75) is 39.7 Å². The highest BCUT2D eigenvalue weighted by molar-refractivity contribution is 5.94. The van der Waals surface area contributed by atoms with Gasteiger partial charge in [-0.3, -0.25) is 4.79 Å². The van der Waals surface area contributed by atoms with Gasteiger partial charge in [-0.25, -0.2) is 0 Å². The van der Waals surface area contributed by atoms with E-state index in [1.807, 2.05) is 29.2 Å². The molecule has 1 aromatic carbocycles. The third-order valence-corrected chi connectivity index (χ3v) is 3.91. The van der Waals surface area contributed by atoms with Crippen molar-refractivity contribution in [3.8, 4) is 0 Å². The molecule has 1 aliphatic heterocycles. The fourth-order valence-corrected chi connectivity index (χ4v) is 2.81. The predicted octanol–water partition coefficient (Wildman–Crippen LogP) is 3.38. The van der Waals surface area contributed by atoms with Crippen molar-refractivity contribution in [3.05, 3.63) is 29.8 Å². The van der Waals surface area contributed by atoms with Crippen LogP contribution in [-0.2, 0) is 0 Å². The van der Waals surface area contributed by atoms with Gasteiger partial charge in [-0.1, -0.05) is 6.92 Å². The van der Waals surface area contributed by atoms with Crippen LogP contribution in [0.1, 0.15) is 44.0 Å². The van der Waals surface area contributed by atoms with Crippen molar-refractivity contribution >= 4 is 11.6 Å². The second-order valence-electron chi connectivity index (χ2n) is 5.58. The first-order valence-corrected chi connectivity index (χ1v) is 7.26. The van der Waals surface area contributed by atoms with Crippen LogP contribution in [0.15, 0.2) is 24.3 Å². The number of nitrogens with one attached hydrogen (secondary N) is 1. The molecule has 2 rings (SSSR count). The standard InChI is InChI=1S/C16H24N2O/c1-4-17-15-7-5-14(6-8-15)16(19)18-10-9-12(2)11-13(18)3/h5-8,12-13,17H,4,9-11H2,1-3H3. The van der Waals surface area contributed by atoms with Crippen LogP contribution in [0, 0.1) is 5.92 Å². The second kappa shape index (κ2) is 6.09. The van der Waals surface area contributed by atoms with Crippen molar-refractivity contribution in [1.82, 2.24) is 4.90 Å². The largest absolute Gasteiger partial charge is 0.385 e. The Labute approximate surface area is 116 Å². The SMILES string of the molecule is CCNc1ccc(C(=O)N2CCC(C)CC2C)cc1. The highest BCUT2D eigenvalue weighted by atomic mass is 16.2. The lowest BCUT2D eigenvalue weighted by Gasteiger charge is -2.36. The van der Waals surface area contributed by atoms with E-state index in [0.717, 1.165) is 43.1 Å². The Morgan fingerprint density at radius 2 is 2.00 bits per heavy atom. The molecule has 3 nitrogen and oxygen atoms in total. The topological polar surface area (TPSA) is 32.3 Å². The molecule has 1 amide bonds. The highest BCUT2D eigenvalue weighted by Gasteiger charge is 2.27. The molecule has 0 bridgehead atoms. The molecular weight excluding hydrogens is 236 g/mol. The van der Waals surface area contributed by atoms with Crippen LogP contribution < -0.4 is 5.32 Å². The summed E-state index contributed by atoms with van der Waals surface area (Å²) in [5.74, 6) is 0.901. The van der Waals surface area contributed by atoms with E-state index in [9.17, 15) is 4.79 Å². The van der Waals surface area contributed by atoms with E-state index in [-0.39, 0.29) is 5.91 Å². The molecule has 1 heterocycles. The van der Waals surface area contributed by atoms with E-state index in [2.05, 4.69) is 26.1 Å². The summed E-state index contributed by atoms with van der Waals surface area (Å²) in [5.41, 5.74) is 1.86. The molecule has 0 aliphatic carbocycles. The Balaban J connectivity index is 2.06. The van der Waals surface area contributed by atoms with Crippen LogP contribution in [0.3, 0.4) is 0 Å². The third-order valence-electron chi connectivity index (χ3n) is 3.91. The van der Waals surface area contributed by atoms with Crippen molar-refractivity contribution in [2.75, 3.05) is 18.4 Å². The Hall–Kier alpha value is -1.51. The van der Waals surface area contributed by atoms with Crippen LogP contribution in [0.5, 0.6) is 0 Å². The van der Waals surface area contributed by atoms with Gasteiger partial charge >= 0.3 is 0 Å². The Morgan fingerprint density at radius 1 is 1.32 bits per heavy atom. The van der Waals surface area contributed by atoms with E-state index >= 15 is 0 Å². The van der Waals surface area contributed by atoms with E-state index in [1.165, 1.54) is 0 Å². The summed E-state index contributed by atoms with van der Waals surface area (Å²) in [4.78, 5) is 14.5. The zero-order chi connectivity index (χ0) is 13.8. The summed E-state index contributed by atoms with van der Waals surface area (Å²) in [6.45, 7) is 8.27. The number of likely N-dealkylation sites (tertiary alicyclic amines) is 1. The van der Waals surface area contributed by atoms with Crippen molar-refractivity contribution in [1.29, 1.82) is 0 Å². The number of rotatable bonds is 3. The summed E-state index contributed by atoms with van der Waals surface area (Å²) in [6.07, 6.45) is 2.23. The van der Waals surface area contributed by atoms with Crippen LogP contribution in [-0.4, -0.2) is 29.9 Å². The monoisotopic (exact) mass is 260 g/mol. The van der Waals surface area contributed by atoms with Gasteiger partial charge in [-0.2, -0.15) is 0 Å². The minimum absolute atomic E-state index is 0.169. The molecule has 0 spiro atoms. The molecule has 104 valence electrons. The first kappa shape index (κ1) is 13.9. The minimum atomic E-state index is 0.169. The first-order valence-electron chi connectivity index (χ1n) is 7.26. The fourth-order valence-electron chi connectivity index (χ4n) is 2.81. The van der Waals surface area contributed by atoms with Gasteiger partial charge in [0.25, 0.3) is 5.91 Å². The van der Waals surface area contributed by atoms with E-state index in [1.54, 1.807) is 0 Å². The molecule has 0 radical (unpaired) electrons. The number of benzene rings is 1. The van der Waals surface area contributed by atoms with Gasteiger partial charge in [0, 0.05) is 30.4 Å². The summed E-state index contributed by atoms with van der Waals surface area (Å²) < 4.78 is 0. The number of carbonyl (C=O) groups is 1. The number of nitrogens with zero attached hydrogens (tertiary/aromatic N) is 1. The maximum Gasteiger partial charge on any atom is 0.254 e. The second-order valence-corrected chi connectivity index (χ2v) is 5.58. The quantitative estimate of drug-likeness (QED) is 0.903. The summed E-state index contributed by atoms with van der Waals surface area (Å²) >= 11 is 0. The molecular formula is C16H24N2O. The van der Waals surface area contributed by atoms with Crippen LogP contribution in [0.2, 0.25) is 0 Å². The molecule has 2 unspecified atom stereocenters. The van der Waals surface area contributed by atoms with E-state index in [4.69, 9.17) is 0 Å². The predicted molar refractivity (Wildman–Crippen MR) is 79.5 cm³/mol. The van der Waals surface area contributed by atoms with Crippen LogP contribution in [0.4, 0.5) is 5.69 Å². The van der Waals surface area contributed by atoms with Gasteiger partial charge < -0.3 is 10.2 Å². The fraction of sp³-hybridized carbons (Fsp3) is 0.562. The zero-order valence-electron chi connectivity index (χ0n) is 12.1. The van der Waals surface area contributed by atoms with Crippen molar-refractivity contribution in [2.24, 2.45) is 5.92 Å². The Bertz CT molecular complexity index is 427. The van der Waals surface area contributed by atoms with Gasteiger partial charge in [-0.05, 0) is 56.9 Å². The Morgan fingerprint density at radius 3 is 2.58 bits per heavy atom. The molecule has 2 atom stereocenters.